The molecule has 1 aliphatic rings. The zero-order valence-corrected chi connectivity index (χ0v) is 17.2. The van der Waals surface area contributed by atoms with E-state index in [4.69, 9.17) is 14.2 Å². The van der Waals surface area contributed by atoms with Crippen LogP contribution in [0.1, 0.15) is 38.7 Å². The molecule has 0 aliphatic carbocycles. The quantitative estimate of drug-likeness (QED) is 0.777. The zero-order chi connectivity index (χ0) is 20.3. The van der Waals surface area contributed by atoms with Crippen molar-refractivity contribution in [2.75, 3.05) is 27.3 Å². The van der Waals surface area contributed by atoms with Crippen LogP contribution in [0.3, 0.4) is 0 Å². The maximum absolute atomic E-state index is 12.4. The fourth-order valence-electron chi connectivity index (χ4n) is 3.35. The van der Waals surface area contributed by atoms with Gasteiger partial charge in [-0.3, -0.25) is 0 Å². The van der Waals surface area contributed by atoms with E-state index in [2.05, 4.69) is 11.1 Å². The second-order valence-corrected chi connectivity index (χ2v) is 8.01. The Morgan fingerprint density at radius 3 is 2.82 bits per heavy atom. The summed E-state index contributed by atoms with van der Waals surface area (Å²) in [7, 11) is 3.38. The van der Waals surface area contributed by atoms with E-state index in [1.165, 1.54) is 0 Å². The zero-order valence-electron chi connectivity index (χ0n) is 17.2. The molecule has 0 unspecified atom stereocenters. The van der Waals surface area contributed by atoms with Crippen LogP contribution in [0, 0.1) is 0 Å². The van der Waals surface area contributed by atoms with Gasteiger partial charge in [0.1, 0.15) is 11.4 Å². The van der Waals surface area contributed by atoms with E-state index in [-0.39, 0.29) is 12.0 Å². The monoisotopic (exact) mass is 384 g/mol. The number of pyridine rings is 1. The first-order chi connectivity index (χ1) is 13.3. The summed E-state index contributed by atoms with van der Waals surface area (Å²) in [5, 5.41) is 0. The van der Waals surface area contributed by atoms with Crippen molar-refractivity contribution in [3.63, 3.8) is 0 Å². The van der Waals surface area contributed by atoms with E-state index in [1.54, 1.807) is 25.3 Å². The summed E-state index contributed by atoms with van der Waals surface area (Å²) >= 11 is 0. The van der Waals surface area contributed by atoms with Crippen molar-refractivity contribution < 1.29 is 19.0 Å². The van der Waals surface area contributed by atoms with Gasteiger partial charge in [0.05, 0.1) is 13.7 Å². The van der Waals surface area contributed by atoms with Gasteiger partial charge in [-0.15, -0.1) is 0 Å². The second kappa shape index (κ2) is 8.09. The number of likely N-dealkylation sites (N-methyl/N-ethyl adjacent to an activating group) is 1. The molecule has 0 saturated heterocycles. The summed E-state index contributed by atoms with van der Waals surface area (Å²) < 4.78 is 16.8. The van der Waals surface area contributed by atoms with Crippen molar-refractivity contribution in [2.24, 2.45) is 0 Å². The topological polar surface area (TPSA) is 60.9 Å². The number of methoxy groups -OCH3 is 1. The van der Waals surface area contributed by atoms with Crippen molar-refractivity contribution in [2.45, 2.75) is 38.7 Å². The van der Waals surface area contributed by atoms with Gasteiger partial charge < -0.3 is 19.1 Å². The highest BCUT2D eigenvalue weighted by molar-refractivity contribution is 5.73. The third-order valence-corrected chi connectivity index (χ3v) is 4.65. The van der Waals surface area contributed by atoms with Crippen molar-refractivity contribution in [3.8, 4) is 22.8 Å². The highest BCUT2D eigenvalue weighted by Crippen LogP contribution is 2.41. The molecule has 2 heterocycles. The number of carbonyl (C=O) groups excluding carboxylic acids is 1. The molecule has 1 aliphatic heterocycles. The lowest BCUT2D eigenvalue weighted by molar-refractivity contribution is 0.0281. The third kappa shape index (κ3) is 4.55. The predicted molar refractivity (Wildman–Crippen MR) is 108 cm³/mol. The van der Waals surface area contributed by atoms with Gasteiger partial charge in [-0.25, -0.2) is 9.78 Å². The summed E-state index contributed by atoms with van der Waals surface area (Å²) in [5.41, 5.74) is 2.59. The molecule has 3 rings (SSSR count). The molecule has 0 radical (unpaired) electrons. The molecule has 2 aromatic rings. The first-order valence-electron chi connectivity index (χ1n) is 9.48. The summed E-state index contributed by atoms with van der Waals surface area (Å²) in [6.07, 6.45) is 2.27. The van der Waals surface area contributed by atoms with Gasteiger partial charge in [-0.05, 0) is 44.4 Å². The van der Waals surface area contributed by atoms with Gasteiger partial charge in [0, 0.05) is 37.3 Å². The van der Waals surface area contributed by atoms with Gasteiger partial charge in [-0.2, -0.15) is 0 Å². The van der Waals surface area contributed by atoms with Gasteiger partial charge in [0.2, 0.25) is 5.88 Å². The number of rotatable bonds is 4. The number of hydrogen-bond donors (Lipinski definition) is 0. The second-order valence-electron chi connectivity index (χ2n) is 8.01. The third-order valence-electron chi connectivity index (χ3n) is 4.65. The van der Waals surface area contributed by atoms with E-state index >= 15 is 0 Å². The number of amides is 1. The van der Waals surface area contributed by atoms with E-state index in [1.807, 2.05) is 45.0 Å². The van der Waals surface area contributed by atoms with Gasteiger partial charge in [0.25, 0.3) is 0 Å². The number of hydrogen-bond acceptors (Lipinski definition) is 5. The number of fused-ring (bicyclic) bond motifs is 1. The average molecular weight is 384 g/mol. The molecular weight excluding hydrogens is 356 g/mol. The fourth-order valence-corrected chi connectivity index (χ4v) is 3.35. The number of ether oxygens (including phenoxy) is 3. The number of benzene rings is 1. The number of aromatic nitrogens is 1. The highest BCUT2D eigenvalue weighted by Gasteiger charge is 2.28. The van der Waals surface area contributed by atoms with E-state index in [0.29, 0.717) is 19.0 Å². The predicted octanol–water partition coefficient (Wildman–Crippen LogP) is 4.49. The molecule has 1 amide bonds. The lowest BCUT2D eigenvalue weighted by Gasteiger charge is -2.31. The lowest BCUT2D eigenvalue weighted by Crippen LogP contribution is -2.37. The fraction of sp³-hybridized carbons (Fsp3) is 0.455. The molecule has 1 aromatic heterocycles. The Hall–Kier alpha value is -2.76. The molecule has 6 nitrogen and oxygen atoms in total. The Bertz CT molecular complexity index is 845. The molecule has 0 saturated carbocycles. The Morgan fingerprint density at radius 2 is 2.11 bits per heavy atom. The van der Waals surface area contributed by atoms with Crippen molar-refractivity contribution in [3.05, 3.63) is 42.1 Å². The summed E-state index contributed by atoms with van der Waals surface area (Å²) in [6.45, 7) is 6.81. The van der Waals surface area contributed by atoms with Crippen LogP contribution in [0.2, 0.25) is 0 Å². The summed E-state index contributed by atoms with van der Waals surface area (Å²) in [4.78, 5) is 18.2. The highest BCUT2D eigenvalue weighted by atomic mass is 16.6. The Labute approximate surface area is 166 Å². The number of nitrogens with zero attached hydrogens (tertiary/aromatic N) is 2. The smallest absolute Gasteiger partial charge is 0.410 e. The van der Waals surface area contributed by atoms with E-state index in [0.717, 1.165) is 28.9 Å². The summed E-state index contributed by atoms with van der Waals surface area (Å²) in [6, 6.07) is 9.97. The maximum atomic E-state index is 12.4. The molecule has 150 valence electrons. The maximum Gasteiger partial charge on any atom is 0.410 e. The standard InChI is InChI=1S/C22H28N2O4/c1-22(2,3)28-21(25)24(4)14-16-10-12-27-20-17(7-6-8-18(16)20)15-9-11-23-19(13-15)26-5/h6-9,11,13,16H,10,12,14H2,1-5H3/t16-/m1/s1. The van der Waals surface area contributed by atoms with Crippen molar-refractivity contribution in [1.82, 2.24) is 9.88 Å². The lowest BCUT2D eigenvalue weighted by atomic mass is 9.89. The Kier molecular flexibility index (Phi) is 5.77. The van der Waals surface area contributed by atoms with Crippen LogP contribution >= 0.6 is 0 Å². The van der Waals surface area contributed by atoms with Gasteiger partial charge >= 0.3 is 6.09 Å². The van der Waals surface area contributed by atoms with E-state index in [9.17, 15) is 4.79 Å². The van der Waals surface area contributed by atoms with Crippen LogP contribution in [-0.4, -0.2) is 48.9 Å². The van der Waals surface area contributed by atoms with Crippen LogP contribution in [0.15, 0.2) is 36.5 Å². The Morgan fingerprint density at radius 1 is 1.32 bits per heavy atom. The largest absolute Gasteiger partial charge is 0.493 e. The van der Waals surface area contributed by atoms with Crippen molar-refractivity contribution >= 4 is 6.09 Å². The molecule has 0 bridgehead atoms. The molecule has 1 atom stereocenters. The minimum Gasteiger partial charge on any atom is -0.493 e. The number of para-hydroxylation sites is 1. The summed E-state index contributed by atoms with van der Waals surface area (Å²) in [5.74, 6) is 1.61. The molecule has 0 fully saturated rings. The van der Waals surface area contributed by atoms with Crippen LogP contribution < -0.4 is 9.47 Å². The SMILES string of the molecule is COc1cc(-c2cccc3c2OCC[C@@H]3CN(C)C(=O)OC(C)(C)C)ccn1. The molecule has 0 spiro atoms. The Balaban J connectivity index is 1.85. The average Bonchev–Trinajstić information content (AvgIpc) is 2.66. The first-order valence-corrected chi connectivity index (χ1v) is 9.48. The molecular formula is C22H28N2O4. The van der Waals surface area contributed by atoms with Crippen LogP contribution in [-0.2, 0) is 4.74 Å². The van der Waals surface area contributed by atoms with Gasteiger partial charge in [0.15, 0.2) is 0 Å². The van der Waals surface area contributed by atoms with Crippen LogP contribution in [0.5, 0.6) is 11.6 Å². The van der Waals surface area contributed by atoms with Gasteiger partial charge in [-0.1, -0.05) is 18.2 Å². The minimum atomic E-state index is -0.507. The van der Waals surface area contributed by atoms with Crippen LogP contribution in [0.4, 0.5) is 4.79 Å². The minimum absolute atomic E-state index is 0.185. The van der Waals surface area contributed by atoms with E-state index < -0.39 is 5.60 Å². The van der Waals surface area contributed by atoms with Crippen molar-refractivity contribution in [1.29, 1.82) is 0 Å². The first kappa shape index (κ1) is 20.0. The molecule has 28 heavy (non-hydrogen) atoms. The molecule has 6 heteroatoms. The molecule has 0 N–H and O–H groups in total. The van der Waals surface area contributed by atoms with Crippen LogP contribution in [0.25, 0.3) is 11.1 Å². The number of carbonyl (C=O) groups is 1. The normalized spacial score (nSPS) is 16.0. The molecule has 1 aromatic carbocycles.